The largest absolute Gasteiger partial charge is 0.478 e. The number of nitrogens with zero attached hydrogens (tertiary/aromatic N) is 1. The van der Waals surface area contributed by atoms with E-state index in [1.54, 1.807) is 0 Å². The highest BCUT2D eigenvalue weighted by Crippen LogP contribution is 2.21. The fraction of sp³-hybridized carbons (Fsp3) is 0.222. The number of rotatable bonds is 2. The van der Waals surface area contributed by atoms with Crippen molar-refractivity contribution in [2.45, 2.75) is 13.8 Å². The van der Waals surface area contributed by atoms with E-state index in [-0.39, 0.29) is 6.07 Å². The SMILES string of the molecule is CC.O=C(O)c1cc([N+](=O)[O-])c(F)cc1F. The zero-order valence-electron chi connectivity index (χ0n) is 8.53. The summed E-state index contributed by atoms with van der Waals surface area (Å²) in [4.78, 5) is 19.4. The first-order chi connectivity index (χ1) is 7.43. The third-order valence-corrected chi connectivity index (χ3v) is 1.46. The van der Waals surface area contributed by atoms with Crippen molar-refractivity contribution in [1.29, 1.82) is 0 Å². The van der Waals surface area contributed by atoms with Gasteiger partial charge >= 0.3 is 11.7 Å². The van der Waals surface area contributed by atoms with E-state index in [2.05, 4.69) is 0 Å². The molecule has 1 aromatic carbocycles. The summed E-state index contributed by atoms with van der Waals surface area (Å²) in [6.45, 7) is 4.00. The molecule has 0 unspecified atom stereocenters. The summed E-state index contributed by atoms with van der Waals surface area (Å²) in [5, 5.41) is 18.5. The zero-order valence-corrected chi connectivity index (χ0v) is 8.53. The number of hydrogen-bond acceptors (Lipinski definition) is 3. The van der Waals surface area contributed by atoms with Crippen LogP contribution >= 0.6 is 0 Å². The molecule has 0 saturated heterocycles. The summed E-state index contributed by atoms with van der Waals surface area (Å²) in [7, 11) is 0. The van der Waals surface area contributed by atoms with Crippen molar-refractivity contribution in [1.82, 2.24) is 0 Å². The minimum absolute atomic E-state index is 0.168. The molecule has 0 radical (unpaired) electrons. The Morgan fingerprint density at radius 2 is 1.81 bits per heavy atom. The van der Waals surface area contributed by atoms with Gasteiger partial charge in [0, 0.05) is 12.1 Å². The molecule has 0 amide bonds. The van der Waals surface area contributed by atoms with E-state index in [1.807, 2.05) is 13.8 Å². The quantitative estimate of drug-likeness (QED) is 0.628. The van der Waals surface area contributed by atoms with Gasteiger partial charge in [0.2, 0.25) is 5.82 Å². The Morgan fingerprint density at radius 1 is 1.31 bits per heavy atom. The molecule has 0 spiro atoms. The Kier molecular flexibility index (Phi) is 5.00. The van der Waals surface area contributed by atoms with Gasteiger partial charge in [0.25, 0.3) is 0 Å². The third kappa shape index (κ3) is 2.97. The van der Waals surface area contributed by atoms with Crippen LogP contribution in [0.1, 0.15) is 24.2 Å². The maximum atomic E-state index is 12.7. The maximum Gasteiger partial charge on any atom is 0.338 e. The lowest BCUT2D eigenvalue weighted by atomic mass is 10.2. The monoisotopic (exact) mass is 233 g/mol. The number of nitro groups is 1. The smallest absolute Gasteiger partial charge is 0.338 e. The molecule has 0 aliphatic heterocycles. The molecule has 5 nitrogen and oxygen atoms in total. The molecule has 0 heterocycles. The molecular formula is C9H9F2NO4. The zero-order chi connectivity index (χ0) is 12.9. The van der Waals surface area contributed by atoms with Gasteiger partial charge in [-0.25, -0.2) is 9.18 Å². The number of benzene rings is 1. The van der Waals surface area contributed by atoms with Crippen molar-refractivity contribution in [2.75, 3.05) is 0 Å². The summed E-state index contributed by atoms with van der Waals surface area (Å²) in [6, 6.07) is 0.509. The predicted octanol–water partition coefficient (Wildman–Crippen LogP) is 2.60. The van der Waals surface area contributed by atoms with Crippen LogP contribution in [0.25, 0.3) is 0 Å². The van der Waals surface area contributed by atoms with E-state index in [9.17, 15) is 23.7 Å². The maximum absolute atomic E-state index is 12.7. The van der Waals surface area contributed by atoms with E-state index in [0.29, 0.717) is 6.07 Å². The fourth-order valence-electron chi connectivity index (χ4n) is 0.841. The number of halogens is 2. The van der Waals surface area contributed by atoms with Crippen LogP contribution in [0.4, 0.5) is 14.5 Å². The van der Waals surface area contributed by atoms with Crippen LogP contribution in [-0.2, 0) is 0 Å². The third-order valence-electron chi connectivity index (χ3n) is 1.46. The second-order valence-corrected chi connectivity index (χ2v) is 2.35. The van der Waals surface area contributed by atoms with Crippen LogP contribution in [0.15, 0.2) is 12.1 Å². The molecule has 88 valence electrons. The minimum atomic E-state index is -1.69. The lowest BCUT2D eigenvalue weighted by molar-refractivity contribution is -0.387. The predicted molar refractivity (Wildman–Crippen MR) is 51.3 cm³/mol. The molecule has 16 heavy (non-hydrogen) atoms. The van der Waals surface area contributed by atoms with Gasteiger partial charge in [-0.15, -0.1) is 0 Å². The molecule has 1 N–H and O–H groups in total. The number of hydrogen-bond donors (Lipinski definition) is 1. The van der Waals surface area contributed by atoms with Crippen LogP contribution in [-0.4, -0.2) is 16.0 Å². The summed E-state index contributed by atoms with van der Waals surface area (Å²) in [6.07, 6.45) is 0. The molecule has 0 saturated carbocycles. The number of aromatic carboxylic acids is 1. The van der Waals surface area contributed by atoms with Gasteiger partial charge in [-0.1, -0.05) is 13.8 Å². The van der Waals surface area contributed by atoms with Gasteiger partial charge in [0.1, 0.15) is 11.4 Å². The van der Waals surface area contributed by atoms with Crippen LogP contribution in [0, 0.1) is 21.7 Å². The van der Waals surface area contributed by atoms with Crippen LogP contribution in [0.3, 0.4) is 0 Å². The highest BCUT2D eigenvalue weighted by atomic mass is 19.1. The molecular weight excluding hydrogens is 224 g/mol. The lowest BCUT2D eigenvalue weighted by Crippen LogP contribution is -2.03. The van der Waals surface area contributed by atoms with Gasteiger partial charge in [-0.2, -0.15) is 4.39 Å². The van der Waals surface area contributed by atoms with Crippen molar-refractivity contribution < 1.29 is 23.6 Å². The van der Waals surface area contributed by atoms with Crippen molar-refractivity contribution in [3.05, 3.63) is 39.4 Å². The lowest BCUT2D eigenvalue weighted by Gasteiger charge is -1.98. The Balaban J connectivity index is 0.00000106. The first kappa shape index (κ1) is 13.9. The second-order valence-electron chi connectivity index (χ2n) is 2.35. The topological polar surface area (TPSA) is 80.4 Å². The number of carbonyl (C=O) groups is 1. The number of carboxylic acid groups (broad SMARTS) is 1. The summed E-state index contributed by atoms with van der Waals surface area (Å²) >= 11 is 0. The molecule has 0 aliphatic carbocycles. The van der Waals surface area contributed by atoms with E-state index < -0.39 is 33.8 Å². The summed E-state index contributed by atoms with van der Waals surface area (Å²) in [5.74, 6) is -4.44. The van der Waals surface area contributed by atoms with Crippen molar-refractivity contribution in [2.24, 2.45) is 0 Å². The molecule has 0 bridgehead atoms. The van der Waals surface area contributed by atoms with Crippen molar-refractivity contribution in [3.63, 3.8) is 0 Å². The molecule has 0 fully saturated rings. The van der Waals surface area contributed by atoms with Crippen molar-refractivity contribution in [3.8, 4) is 0 Å². The Hall–Kier alpha value is -2.05. The first-order valence-electron chi connectivity index (χ1n) is 4.30. The number of carboxylic acids is 1. The van der Waals surface area contributed by atoms with Crippen molar-refractivity contribution >= 4 is 11.7 Å². The molecule has 0 aliphatic rings. The van der Waals surface area contributed by atoms with Crippen LogP contribution < -0.4 is 0 Å². The number of nitro benzene ring substituents is 1. The average molecular weight is 233 g/mol. The summed E-state index contributed by atoms with van der Waals surface area (Å²) in [5.41, 5.74) is -2.00. The highest BCUT2D eigenvalue weighted by molar-refractivity contribution is 5.88. The first-order valence-corrected chi connectivity index (χ1v) is 4.30. The van der Waals surface area contributed by atoms with Gasteiger partial charge < -0.3 is 5.11 Å². The summed E-state index contributed by atoms with van der Waals surface area (Å²) < 4.78 is 25.4. The standard InChI is InChI=1S/C7H3F2NO4.C2H6/c8-4-2-5(9)6(10(13)14)1-3(4)7(11)12;1-2/h1-2H,(H,11,12);1-2H3. The van der Waals surface area contributed by atoms with Crippen LogP contribution in [0.5, 0.6) is 0 Å². The van der Waals surface area contributed by atoms with Gasteiger partial charge in [-0.05, 0) is 0 Å². The Morgan fingerprint density at radius 3 is 2.19 bits per heavy atom. The van der Waals surface area contributed by atoms with E-state index in [1.165, 1.54) is 0 Å². The molecule has 0 aromatic heterocycles. The molecule has 1 rings (SSSR count). The van der Waals surface area contributed by atoms with Gasteiger partial charge in [-0.3, -0.25) is 10.1 Å². The molecule has 0 atom stereocenters. The molecule has 1 aromatic rings. The second kappa shape index (κ2) is 5.74. The fourth-order valence-corrected chi connectivity index (χ4v) is 0.841. The van der Waals surface area contributed by atoms with Gasteiger partial charge in [0.05, 0.1) is 4.92 Å². The molecule has 7 heteroatoms. The minimum Gasteiger partial charge on any atom is -0.478 e. The van der Waals surface area contributed by atoms with Crippen LogP contribution in [0.2, 0.25) is 0 Å². The van der Waals surface area contributed by atoms with E-state index in [4.69, 9.17) is 5.11 Å². The normalized spacial score (nSPS) is 9.00. The van der Waals surface area contributed by atoms with E-state index in [0.717, 1.165) is 0 Å². The van der Waals surface area contributed by atoms with E-state index >= 15 is 0 Å². The average Bonchev–Trinajstić information content (AvgIpc) is 2.19. The Bertz CT molecular complexity index is 385. The Labute approximate surface area is 89.5 Å². The van der Waals surface area contributed by atoms with Gasteiger partial charge in [0.15, 0.2) is 0 Å². The highest BCUT2D eigenvalue weighted by Gasteiger charge is 2.21.